The molecule has 0 radical (unpaired) electrons. The van der Waals surface area contributed by atoms with E-state index in [-0.39, 0.29) is 12.5 Å². The Labute approximate surface area is 149 Å². The number of ether oxygens (including phenoxy) is 1. The Bertz CT molecular complexity index is 621. The number of carboxylic acid groups (broad SMARTS) is 1. The van der Waals surface area contributed by atoms with Crippen LogP contribution in [0.2, 0.25) is 1.41 Å². The van der Waals surface area contributed by atoms with Crippen LogP contribution in [0.4, 0.5) is 4.79 Å². The number of nitrogens with one attached hydrogen (secondary N) is 2. The maximum atomic E-state index is 12.5. The minimum Gasteiger partial charge on any atom is -0.480 e. The minimum atomic E-state index is -1.17. The van der Waals surface area contributed by atoms with Crippen molar-refractivity contribution in [1.29, 1.82) is 0 Å². The summed E-state index contributed by atoms with van der Waals surface area (Å²) in [6.07, 6.45) is -0.973. The van der Waals surface area contributed by atoms with E-state index in [4.69, 9.17) is 6.15 Å². The number of rotatable bonds is 8. The first-order chi connectivity index (χ1) is 12.1. The Morgan fingerprint density at radius 3 is 2.12 bits per heavy atom. The molecule has 138 valence electrons. The van der Waals surface area contributed by atoms with Gasteiger partial charge in [0, 0.05) is 0 Å². The zero-order valence-electron chi connectivity index (χ0n) is 15.9. The lowest BCUT2D eigenvalue weighted by atomic mass is 10.0. The van der Waals surface area contributed by atoms with Gasteiger partial charge in [0.25, 0.3) is 0 Å². The van der Waals surface area contributed by atoms with Crippen molar-refractivity contribution >= 4 is 18.0 Å². The first-order valence-corrected chi connectivity index (χ1v) is 8.17. The molecule has 0 saturated carbocycles. The molecule has 2 atom stereocenters. The van der Waals surface area contributed by atoms with Crippen LogP contribution >= 0.6 is 0 Å². The van der Waals surface area contributed by atoms with Crippen molar-refractivity contribution in [3.63, 3.8) is 0 Å². The van der Waals surface area contributed by atoms with Gasteiger partial charge in [0.2, 0.25) is 5.91 Å². The Kier molecular flexibility index (Phi) is 7.25. The highest BCUT2D eigenvalue weighted by Crippen LogP contribution is 2.07. The van der Waals surface area contributed by atoms with Crippen molar-refractivity contribution in [2.45, 2.75) is 46.4 Å². The molecule has 0 heterocycles. The number of aliphatic carboxylic acids is 1. The first kappa shape index (κ1) is 18.8. The second-order valence-corrected chi connectivity index (χ2v) is 6.43. The molecule has 7 nitrogen and oxygen atoms in total. The maximum Gasteiger partial charge on any atom is 0.408 e. The lowest BCUT2D eigenvalue weighted by Crippen LogP contribution is -2.55. The van der Waals surface area contributed by atoms with E-state index < -0.39 is 36.0 Å². The number of alkyl carbamates (subject to hydrolysis) is 1. The summed E-state index contributed by atoms with van der Waals surface area (Å²) in [6.45, 7) is 6.64. The number of amides is 2. The Balaban J connectivity index is 2.78. The molecule has 0 aliphatic rings. The molecule has 7 heteroatoms. The molecule has 0 aliphatic heterocycles. The van der Waals surface area contributed by atoms with Gasteiger partial charge < -0.3 is 20.5 Å². The van der Waals surface area contributed by atoms with Crippen molar-refractivity contribution in [2.24, 2.45) is 11.8 Å². The maximum absolute atomic E-state index is 12.5. The van der Waals surface area contributed by atoms with Crippen molar-refractivity contribution in [1.82, 2.24) is 10.6 Å². The van der Waals surface area contributed by atoms with Crippen LogP contribution in [-0.2, 0) is 20.9 Å². The molecule has 0 saturated heterocycles. The smallest absolute Gasteiger partial charge is 0.408 e. The number of carbonyl (C=O) groups excluding carboxylic acids is 2. The summed E-state index contributed by atoms with van der Waals surface area (Å²) in [4.78, 5) is 35.9. The summed E-state index contributed by atoms with van der Waals surface area (Å²) in [5.41, 5.74) is 0.755. The fraction of sp³-hybridized carbons (Fsp3) is 0.500. The van der Waals surface area contributed by atoms with Crippen molar-refractivity contribution in [3.05, 3.63) is 35.9 Å². The number of hydrogen-bond donors (Lipinski definition) is 3. The molecule has 0 fully saturated rings. The molecule has 3 N–H and O–H groups in total. The summed E-state index contributed by atoms with van der Waals surface area (Å²) < 4.78 is 13.0. The van der Waals surface area contributed by atoms with Crippen molar-refractivity contribution in [2.75, 3.05) is 0 Å². The average Bonchev–Trinajstić information content (AvgIpc) is 2.57. The number of hydrogen-bond acceptors (Lipinski definition) is 4. The molecule has 1 aromatic rings. The lowest BCUT2D eigenvalue weighted by molar-refractivity contribution is -0.143. The van der Waals surface area contributed by atoms with Crippen LogP contribution in [0, 0.1) is 11.8 Å². The third-order valence-electron chi connectivity index (χ3n) is 3.58. The van der Waals surface area contributed by atoms with Gasteiger partial charge in [-0.25, -0.2) is 9.59 Å². The van der Waals surface area contributed by atoms with Gasteiger partial charge in [0.05, 0.1) is 0 Å². The summed E-state index contributed by atoms with van der Waals surface area (Å²) in [6, 6.07) is 6.70. The van der Waals surface area contributed by atoms with Gasteiger partial charge >= 0.3 is 12.1 Å². The monoisotopic (exact) mass is 351 g/mol. The SMILES string of the molecule is [2H]N(C(=O)OCc1ccccc1)[C@H](C(=O)N[C@H](C(=O)O)C(C)C)C(C)C. The number of carboxylic acids is 1. The van der Waals surface area contributed by atoms with E-state index in [9.17, 15) is 19.5 Å². The number of benzene rings is 1. The molecule has 1 aromatic carbocycles. The largest absolute Gasteiger partial charge is 0.480 e. The number of carbonyl (C=O) groups is 3. The minimum absolute atomic E-state index is 0.0226. The van der Waals surface area contributed by atoms with Crippen LogP contribution in [-0.4, -0.2) is 35.2 Å². The van der Waals surface area contributed by atoms with Gasteiger partial charge in [0.15, 0.2) is 1.41 Å². The van der Waals surface area contributed by atoms with E-state index in [1.54, 1.807) is 52.0 Å². The van der Waals surface area contributed by atoms with E-state index in [0.717, 1.165) is 5.56 Å². The highest BCUT2D eigenvalue weighted by molar-refractivity contribution is 5.89. The van der Waals surface area contributed by atoms with E-state index >= 15 is 0 Å². The first-order valence-electron chi connectivity index (χ1n) is 8.61. The summed E-state index contributed by atoms with van der Waals surface area (Å²) in [7, 11) is 0. The predicted octanol–water partition coefficient (Wildman–Crippen LogP) is 2.16. The van der Waals surface area contributed by atoms with Gasteiger partial charge in [-0.1, -0.05) is 58.0 Å². The summed E-state index contributed by atoms with van der Waals surface area (Å²) in [5, 5.41) is 12.1. The van der Waals surface area contributed by atoms with E-state index in [1.807, 2.05) is 6.07 Å². The van der Waals surface area contributed by atoms with Gasteiger partial charge in [-0.05, 0) is 17.4 Å². The topological polar surface area (TPSA) is 105 Å². The lowest BCUT2D eigenvalue weighted by Gasteiger charge is -2.25. The average molecular weight is 351 g/mol. The fourth-order valence-electron chi connectivity index (χ4n) is 2.13. The predicted molar refractivity (Wildman–Crippen MR) is 92.8 cm³/mol. The molecule has 0 bridgehead atoms. The van der Waals surface area contributed by atoms with E-state index in [2.05, 4.69) is 5.32 Å². The second-order valence-electron chi connectivity index (χ2n) is 6.43. The van der Waals surface area contributed by atoms with Crippen LogP contribution in [0.3, 0.4) is 0 Å². The molecule has 25 heavy (non-hydrogen) atoms. The highest BCUT2D eigenvalue weighted by Gasteiger charge is 2.30. The third kappa shape index (κ3) is 6.82. The molecule has 0 aliphatic carbocycles. The zero-order chi connectivity index (χ0) is 19.9. The molecule has 0 unspecified atom stereocenters. The molecule has 0 aromatic heterocycles. The van der Waals surface area contributed by atoms with Gasteiger partial charge in [0.1, 0.15) is 18.7 Å². The van der Waals surface area contributed by atoms with Gasteiger partial charge in [-0.15, -0.1) is 0 Å². The quantitative estimate of drug-likeness (QED) is 0.666. The van der Waals surface area contributed by atoms with Crippen LogP contribution in [0.25, 0.3) is 0 Å². The Morgan fingerprint density at radius 1 is 1.08 bits per heavy atom. The summed E-state index contributed by atoms with van der Waals surface area (Å²) >= 11 is 0. The summed E-state index contributed by atoms with van der Waals surface area (Å²) in [5.74, 6) is -2.61. The Hall–Kier alpha value is -2.57. The van der Waals surface area contributed by atoms with Crippen molar-refractivity contribution < 1.29 is 25.6 Å². The Morgan fingerprint density at radius 2 is 1.64 bits per heavy atom. The van der Waals surface area contributed by atoms with Crippen LogP contribution in [0.15, 0.2) is 30.3 Å². The van der Waals surface area contributed by atoms with Gasteiger partial charge in [-0.2, -0.15) is 0 Å². The highest BCUT2D eigenvalue weighted by atomic mass is 16.5. The molecule has 2 amide bonds. The van der Waals surface area contributed by atoms with Gasteiger partial charge in [-0.3, -0.25) is 4.79 Å². The van der Waals surface area contributed by atoms with Crippen LogP contribution in [0.5, 0.6) is 0 Å². The molecule has 0 spiro atoms. The molecular formula is C18H26N2O5. The zero-order valence-corrected chi connectivity index (χ0v) is 14.9. The fourth-order valence-corrected chi connectivity index (χ4v) is 2.13. The molecule has 1 rings (SSSR count). The second kappa shape index (κ2) is 9.66. The third-order valence-corrected chi connectivity index (χ3v) is 3.58. The van der Waals surface area contributed by atoms with E-state index in [0.29, 0.717) is 5.31 Å². The normalized spacial score (nSPS) is 13.8. The van der Waals surface area contributed by atoms with E-state index in [1.165, 1.54) is 0 Å². The van der Waals surface area contributed by atoms with Crippen molar-refractivity contribution in [3.8, 4) is 0 Å². The standard InChI is InChI=1S/C18H26N2O5/c1-11(2)14(16(21)19-15(12(3)4)17(22)23)20-18(24)25-10-13-8-6-5-7-9-13/h5-9,11-12,14-15H,10H2,1-4H3,(H,19,21)(H,20,24)(H,22,23)/t14-,15-/m0/s1/i/hD. The van der Waals surface area contributed by atoms with Crippen LogP contribution in [0.1, 0.15) is 33.3 Å². The molecular weight excluding hydrogens is 324 g/mol. The van der Waals surface area contributed by atoms with Crippen LogP contribution < -0.4 is 10.6 Å².